The summed E-state index contributed by atoms with van der Waals surface area (Å²) in [7, 11) is 4.12. The van der Waals surface area contributed by atoms with Crippen LogP contribution in [0.2, 0.25) is 0 Å². The monoisotopic (exact) mass is 508 g/mol. The lowest BCUT2D eigenvalue weighted by Gasteiger charge is -2.31. The van der Waals surface area contributed by atoms with Gasteiger partial charge in [0.05, 0.1) is 5.69 Å². The number of benzene rings is 2. The summed E-state index contributed by atoms with van der Waals surface area (Å²) in [5, 5.41) is 4.40. The molecule has 8 heteroatoms. The second-order valence-corrected chi connectivity index (χ2v) is 9.88. The zero-order chi connectivity index (χ0) is 26.5. The van der Waals surface area contributed by atoms with Crippen molar-refractivity contribution in [1.29, 1.82) is 0 Å². The minimum atomic E-state index is -0.745. The Balaban J connectivity index is 1.66. The molecule has 0 saturated carbocycles. The lowest BCUT2D eigenvalue weighted by atomic mass is 10.0. The lowest BCUT2D eigenvalue weighted by molar-refractivity contribution is 0.0101. The summed E-state index contributed by atoms with van der Waals surface area (Å²) in [5.74, 6) is -1.42. The molecule has 0 atom stereocenters. The van der Waals surface area contributed by atoms with Crippen molar-refractivity contribution in [3.63, 3.8) is 0 Å². The van der Waals surface area contributed by atoms with Gasteiger partial charge in [-0.15, -0.1) is 0 Å². The van der Waals surface area contributed by atoms with E-state index in [1.54, 1.807) is 16.8 Å². The van der Waals surface area contributed by atoms with E-state index in [1.807, 2.05) is 32.0 Å². The third kappa shape index (κ3) is 6.50. The highest BCUT2D eigenvalue weighted by molar-refractivity contribution is 6.12. The minimum absolute atomic E-state index is 0.108. The van der Waals surface area contributed by atoms with Gasteiger partial charge in [-0.3, -0.25) is 9.36 Å². The second-order valence-electron chi connectivity index (χ2n) is 9.88. The van der Waals surface area contributed by atoms with Crippen LogP contribution >= 0.6 is 0 Å². The molecule has 4 rings (SSSR count). The van der Waals surface area contributed by atoms with Crippen molar-refractivity contribution in [3.8, 4) is 5.69 Å². The molecule has 0 unspecified atom stereocenters. The quantitative estimate of drug-likeness (QED) is 0.332. The van der Waals surface area contributed by atoms with Crippen molar-refractivity contribution in [1.82, 2.24) is 14.4 Å². The van der Waals surface area contributed by atoms with Crippen molar-refractivity contribution < 1.29 is 13.6 Å². The first-order chi connectivity index (χ1) is 17.7. The largest absolute Gasteiger partial charge is 0.392 e. The number of rotatable bonds is 8. The molecule has 0 aliphatic carbocycles. The molecule has 196 valence electrons. The smallest absolute Gasteiger partial charge is 0.255 e. The van der Waals surface area contributed by atoms with Crippen LogP contribution in [0.15, 0.2) is 64.7 Å². The van der Waals surface area contributed by atoms with Crippen LogP contribution in [-0.2, 0) is 4.84 Å². The van der Waals surface area contributed by atoms with E-state index < -0.39 is 11.6 Å². The van der Waals surface area contributed by atoms with Gasteiger partial charge in [0.1, 0.15) is 23.5 Å². The maximum Gasteiger partial charge on any atom is 0.255 e. The van der Waals surface area contributed by atoms with E-state index in [-0.39, 0.29) is 22.9 Å². The SMILES string of the molecule is Cc1cccc(C)c1-n1cc(/C(=N/OC2CCN(CCN(C)C)CC2)c2ccc(F)cc2F)ccc1=O. The predicted octanol–water partition coefficient (Wildman–Crippen LogP) is 4.53. The molecule has 0 bridgehead atoms. The topological polar surface area (TPSA) is 50.1 Å². The van der Waals surface area contributed by atoms with Crippen molar-refractivity contribution in [2.75, 3.05) is 40.3 Å². The molecule has 1 aromatic heterocycles. The van der Waals surface area contributed by atoms with Gasteiger partial charge in [-0.05, 0) is 70.1 Å². The number of hydrogen-bond donors (Lipinski definition) is 0. The number of pyridine rings is 1. The van der Waals surface area contributed by atoms with E-state index in [9.17, 15) is 13.6 Å². The van der Waals surface area contributed by atoms with Gasteiger partial charge < -0.3 is 14.6 Å². The van der Waals surface area contributed by atoms with E-state index in [2.05, 4.69) is 29.1 Å². The Labute approximate surface area is 216 Å². The van der Waals surface area contributed by atoms with Crippen LogP contribution < -0.4 is 5.56 Å². The van der Waals surface area contributed by atoms with E-state index in [0.717, 1.165) is 61.9 Å². The zero-order valence-electron chi connectivity index (χ0n) is 21.9. The number of para-hydroxylation sites is 1. The standard InChI is InChI=1S/C29H34F2N4O2/c1-20-6-5-7-21(2)29(20)35-19-22(8-11-27(35)36)28(25-10-9-23(30)18-26(25)31)32-37-24-12-14-34(15-13-24)17-16-33(3)4/h5-11,18-19,24H,12-17H2,1-4H3/b32-28-. The van der Waals surface area contributed by atoms with Gasteiger partial charge in [0.2, 0.25) is 0 Å². The highest BCUT2D eigenvalue weighted by Gasteiger charge is 2.22. The van der Waals surface area contributed by atoms with Crippen molar-refractivity contribution >= 4 is 5.71 Å². The Kier molecular flexibility index (Phi) is 8.51. The third-order valence-corrected chi connectivity index (χ3v) is 6.74. The average Bonchev–Trinajstić information content (AvgIpc) is 2.86. The number of nitrogens with zero attached hydrogens (tertiary/aromatic N) is 4. The number of halogens is 2. The molecule has 1 aliphatic heterocycles. The van der Waals surface area contributed by atoms with Crippen LogP contribution in [0.1, 0.15) is 35.1 Å². The molecular formula is C29H34F2N4O2. The molecule has 0 amide bonds. The lowest BCUT2D eigenvalue weighted by Crippen LogP contribution is -2.40. The minimum Gasteiger partial charge on any atom is -0.392 e. The predicted molar refractivity (Wildman–Crippen MR) is 143 cm³/mol. The van der Waals surface area contributed by atoms with Crippen molar-refractivity contribution in [2.45, 2.75) is 32.8 Å². The molecule has 0 radical (unpaired) electrons. The summed E-state index contributed by atoms with van der Waals surface area (Å²) in [6.45, 7) is 7.65. The summed E-state index contributed by atoms with van der Waals surface area (Å²) in [4.78, 5) is 23.3. The Hall–Kier alpha value is -3.36. The summed E-state index contributed by atoms with van der Waals surface area (Å²) in [5.41, 5.74) is 3.23. The highest BCUT2D eigenvalue weighted by atomic mass is 19.1. The molecule has 0 N–H and O–H groups in total. The first kappa shape index (κ1) is 26.7. The second kappa shape index (κ2) is 11.8. The Morgan fingerprint density at radius 2 is 1.76 bits per heavy atom. The van der Waals surface area contributed by atoms with Crippen LogP contribution in [0.25, 0.3) is 5.69 Å². The van der Waals surface area contributed by atoms with E-state index >= 15 is 0 Å². The van der Waals surface area contributed by atoms with E-state index in [1.165, 1.54) is 18.2 Å². The van der Waals surface area contributed by atoms with Gasteiger partial charge in [0.15, 0.2) is 0 Å². The van der Waals surface area contributed by atoms with E-state index in [4.69, 9.17) is 4.84 Å². The molecule has 3 aromatic rings. The fourth-order valence-electron chi connectivity index (χ4n) is 4.63. The van der Waals surface area contributed by atoms with Crippen LogP contribution in [0.5, 0.6) is 0 Å². The van der Waals surface area contributed by atoms with Gasteiger partial charge in [-0.25, -0.2) is 8.78 Å². The maximum absolute atomic E-state index is 14.9. The fourth-order valence-corrected chi connectivity index (χ4v) is 4.63. The van der Waals surface area contributed by atoms with Crippen LogP contribution in [0.3, 0.4) is 0 Å². The number of hydrogen-bond acceptors (Lipinski definition) is 5. The molecular weight excluding hydrogens is 474 g/mol. The summed E-state index contributed by atoms with van der Waals surface area (Å²) < 4.78 is 30.2. The van der Waals surface area contributed by atoms with Gasteiger partial charge in [0.25, 0.3) is 5.56 Å². The molecule has 2 heterocycles. The molecule has 2 aromatic carbocycles. The summed E-state index contributed by atoms with van der Waals surface area (Å²) in [6, 6.07) is 12.2. The Morgan fingerprint density at radius 1 is 1.05 bits per heavy atom. The first-order valence-corrected chi connectivity index (χ1v) is 12.6. The van der Waals surface area contributed by atoms with Gasteiger partial charge in [-0.2, -0.15) is 0 Å². The number of likely N-dealkylation sites (tertiary alicyclic amines) is 1. The van der Waals surface area contributed by atoms with Gasteiger partial charge in [-0.1, -0.05) is 23.4 Å². The average molecular weight is 509 g/mol. The highest BCUT2D eigenvalue weighted by Crippen LogP contribution is 2.21. The molecule has 1 fully saturated rings. The normalized spacial score (nSPS) is 15.4. The number of aryl methyl sites for hydroxylation is 2. The first-order valence-electron chi connectivity index (χ1n) is 12.6. The number of oxime groups is 1. The van der Waals surface area contributed by atoms with Crippen LogP contribution in [0, 0.1) is 25.5 Å². The molecule has 6 nitrogen and oxygen atoms in total. The summed E-state index contributed by atoms with van der Waals surface area (Å²) in [6.07, 6.45) is 3.14. The molecule has 1 aliphatic rings. The molecule has 1 saturated heterocycles. The van der Waals surface area contributed by atoms with Gasteiger partial charge >= 0.3 is 0 Å². The number of likely N-dealkylation sites (N-methyl/N-ethyl adjacent to an activating group) is 1. The zero-order valence-corrected chi connectivity index (χ0v) is 21.9. The third-order valence-electron chi connectivity index (χ3n) is 6.74. The Bertz CT molecular complexity index is 1310. The van der Waals surface area contributed by atoms with Gasteiger partial charge in [0, 0.05) is 55.6 Å². The maximum atomic E-state index is 14.9. The molecule has 37 heavy (non-hydrogen) atoms. The van der Waals surface area contributed by atoms with E-state index in [0.29, 0.717) is 5.56 Å². The van der Waals surface area contributed by atoms with Crippen LogP contribution in [-0.4, -0.2) is 66.5 Å². The fraction of sp³-hybridized carbons (Fsp3) is 0.379. The Morgan fingerprint density at radius 3 is 2.41 bits per heavy atom. The van der Waals surface area contributed by atoms with Crippen molar-refractivity contribution in [2.24, 2.45) is 5.16 Å². The van der Waals surface area contributed by atoms with Crippen molar-refractivity contribution in [3.05, 3.63) is 99.0 Å². The number of aromatic nitrogens is 1. The molecule has 0 spiro atoms. The summed E-state index contributed by atoms with van der Waals surface area (Å²) >= 11 is 0. The van der Waals surface area contributed by atoms with Crippen LogP contribution in [0.4, 0.5) is 8.78 Å². The number of piperidine rings is 1.